The molecule has 0 aliphatic rings. The highest BCUT2D eigenvalue weighted by molar-refractivity contribution is 7.12. The van der Waals surface area contributed by atoms with Gasteiger partial charge in [-0.1, -0.05) is 6.08 Å². The Kier molecular flexibility index (Phi) is 6.48. The summed E-state index contributed by atoms with van der Waals surface area (Å²) < 4.78 is 5.46. The summed E-state index contributed by atoms with van der Waals surface area (Å²) in [5, 5.41) is 3.49. The normalized spacial score (nSPS) is 12.6. The van der Waals surface area contributed by atoms with Crippen molar-refractivity contribution < 1.29 is 4.74 Å². The fraction of sp³-hybridized carbons (Fsp3) is 0.571. The van der Waals surface area contributed by atoms with Crippen LogP contribution in [0.5, 0.6) is 0 Å². The molecule has 1 heterocycles. The predicted molar refractivity (Wildman–Crippen MR) is 75.8 cm³/mol. The molecule has 0 saturated carbocycles. The maximum Gasteiger partial charge on any atom is 0.0591 e. The first-order valence-electron chi connectivity index (χ1n) is 6.14. The van der Waals surface area contributed by atoms with E-state index in [1.165, 1.54) is 15.3 Å². The molecule has 1 N–H and O–H groups in total. The summed E-state index contributed by atoms with van der Waals surface area (Å²) in [4.78, 5) is 2.79. The monoisotopic (exact) mass is 253 g/mol. The SMILES string of the molecule is C=CCCOCCNC(C)c1cc(C)sc1C. The lowest BCUT2D eigenvalue weighted by molar-refractivity contribution is 0.138. The maximum absolute atomic E-state index is 5.46. The van der Waals surface area contributed by atoms with Crippen LogP contribution < -0.4 is 5.32 Å². The summed E-state index contributed by atoms with van der Waals surface area (Å²) in [6.07, 6.45) is 2.81. The Labute approximate surface area is 109 Å². The smallest absolute Gasteiger partial charge is 0.0591 e. The molecule has 0 radical (unpaired) electrons. The first-order valence-corrected chi connectivity index (χ1v) is 6.95. The molecule has 1 rings (SSSR count). The molecule has 1 atom stereocenters. The van der Waals surface area contributed by atoms with Crippen molar-refractivity contribution >= 4 is 11.3 Å². The van der Waals surface area contributed by atoms with Crippen molar-refractivity contribution in [2.24, 2.45) is 0 Å². The van der Waals surface area contributed by atoms with Gasteiger partial charge in [0.15, 0.2) is 0 Å². The van der Waals surface area contributed by atoms with Crippen molar-refractivity contribution in [2.45, 2.75) is 33.2 Å². The summed E-state index contributed by atoms with van der Waals surface area (Å²) >= 11 is 1.87. The van der Waals surface area contributed by atoms with Gasteiger partial charge in [0.1, 0.15) is 0 Å². The zero-order chi connectivity index (χ0) is 12.7. The van der Waals surface area contributed by atoms with Crippen molar-refractivity contribution in [3.8, 4) is 0 Å². The molecule has 1 aromatic rings. The summed E-state index contributed by atoms with van der Waals surface area (Å²) in [5.74, 6) is 0. The Bertz CT molecular complexity index is 346. The number of aryl methyl sites for hydroxylation is 2. The second-order valence-electron chi connectivity index (χ2n) is 4.23. The van der Waals surface area contributed by atoms with Crippen molar-refractivity contribution in [2.75, 3.05) is 19.8 Å². The molecule has 0 spiro atoms. The number of hydrogen-bond acceptors (Lipinski definition) is 3. The van der Waals surface area contributed by atoms with Crippen LogP contribution in [0.15, 0.2) is 18.7 Å². The average Bonchev–Trinajstić information content (AvgIpc) is 2.62. The third-order valence-corrected chi connectivity index (χ3v) is 3.69. The van der Waals surface area contributed by atoms with E-state index in [0.29, 0.717) is 6.04 Å². The van der Waals surface area contributed by atoms with Gasteiger partial charge in [0.25, 0.3) is 0 Å². The Balaban J connectivity index is 2.23. The molecule has 2 nitrogen and oxygen atoms in total. The molecule has 0 bridgehead atoms. The minimum absolute atomic E-state index is 0.406. The lowest BCUT2D eigenvalue weighted by atomic mass is 10.1. The van der Waals surface area contributed by atoms with Crippen molar-refractivity contribution in [3.63, 3.8) is 0 Å². The van der Waals surface area contributed by atoms with Gasteiger partial charge in [-0.2, -0.15) is 0 Å². The van der Waals surface area contributed by atoms with Crippen molar-refractivity contribution in [3.05, 3.63) is 34.0 Å². The third-order valence-electron chi connectivity index (χ3n) is 2.71. The summed E-state index contributed by atoms with van der Waals surface area (Å²) in [6.45, 7) is 12.6. The molecule has 0 saturated heterocycles. The van der Waals surface area contributed by atoms with Crippen LogP contribution in [-0.2, 0) is 4.74 Å². The molecule has 96 valence electrons. The average molecular weight is 253 g/mol. The van der Waals surface area contributed by atoms with E-state index in [0.717, 1.165) is 26.2 Å². The van der Waals surface area contributed by atoms with E-state index in [9.17, 15) is 0 Å². The molecular formula is C14H23NOS. The molecule has 3 heteroatoms. The van der Waals surface area contributed by atoms with Gasteiger partial charge in [-0.05, 0) is 38.8 Å². The fourth-order valence-corrected chi connectivity index (χ4v) is 2.83. The van der Waals surface area contributed by atoms with Crippen LogP contribution >= 0.6 is 11.3 Å². The van der Waals surface area contributed by atoms with Crippen LogP contribution in [-0.4, -0.2) is 19.8 Å². The number of hydrogen-bond donors (Lipinski definition) is 1. The van der Waals surface area contributed by atoms with Gasteiger partial charge in [0.2, 0.25) is 0 Å². The van der Waals surface area contributed by atoms with E-state index in [1.807, 2.05) is 17.4 Å². The first kappa shape index (κ1) is 14.4. The van der Waals surface area contributed by atoms with E-state index in [4.69, 9.17) is 4.74 Å². The van der Waals surface area contributed by atoms with Crippen molar-refractivity contribution in [1.82, 2.24) is 5.32 Å². The molecule has 0 aliphatic heterocycles. The number of rotatable bonds is 8. The maximum atomic E-state index is 5.46. The highest BCUT2D eigenvalue weighted by Gasteiger charge is 2.09. The van der Waals surface area contributed by atoms with E-state index < -0.39 is 0 Å². The van der Waals surface area contributed by atoms with Crippen LogP contribution in [0.3, 0.4) is 0 Å². The van der Waals surface area contributed by atoms with E-state index in [2.05, 4.69) is 38.7 Å². The Morgan fingerprint density at radius 1 is 1.47 bits per heavy atom. The Morgan fingerprint density at radius 3 is 2.82 bits per heavy atom. The molecule has 17 heavy (non-hydrogen) atoms. The third kappa shape index (κ3) is 5.02. The van der Waals surface area contributed by atoms with Gasteiger partial charge in [-0.25, -0.2) is 0 Å². The number of thiophene rings is 1. The number of ether oxygens (including phenoxy) is 1. The zero-order valence-electron chi connectivity index (χ0n) is 11.1. The quantitative estimate of drug-likeness (QED) is 0.564. The van der Waals surface area contributed by atoms with E-state index in [-0.39, 0.29) is 0 Å². The number of nitrogens with one attached hydrogen (secondary N) is 1. The standard InChI is InChI=1S/C14H23NOS/c1-5-6-8-16-9-7-15-12(3)14-10-11(2)17-13(14)4/h5,10,12,15H,1,6-9H2,2-4H3. The van der Waals surface area contributed by atoms with E-state index >= 15 is 0 Å². The Hall–Kier alpha value is -0.640. The highest BCUT2D eigenvalue weighted by atomic mass is 32.1. The minimum Gasteiger partial charge on any atom is -0.380 e. The van der Waals surface area contributed by atoms with Gasteiger partial charge in [0, 0.05) is 22.3 Å². The van der Waals surface area contributed by atoms with Crippen LogP contribution in [0.1, 0.15) is 34.7 Å². The topological polar surface area (TPSA) is 21.3 Å². The molecular weight excluding hydrogens is 230 g/mol. The molecule has 0 aromatic carbocycles. The zero-order valence-corrected chi connectivity index (χ0v) is 11.9. The molecule has 1 unspecified atom stereocenters. The molecule has 0 aliphatic carbocycles. The molecule has 0 amide bonds. The highest BCUT2D eigenvalue weighted by Crippen LogP contribution is 2.25. The van der Waals surface area contributed by atoms with Crippen LogP contribution in [0.4, 0.5) is 0 Å². The van der Waals surface area contributed by atoms with Crippen LogP contribution in [0.25, 0.3) is 0 Å². The molecule has 0 fully saturated rings. The first-order chi connectivity index (χ1) is 8.15. The van der Waals surface area contributed by atoms with Gasteiger partial charge in [0.05, 0.1) is 13.2 Å². The lowest BCUT2D eigenvalue weighted by Crippen LogP contribution is -2.23. The summed E-state index contributed by atoms with van der Waals surface area (Å²) in [6, 6.07) is 2.68. The lowest BCUT2D eigenvalue weighted by Gasteiger charge is -2.13. The Morgan fingerprint density at radius 2 is 2.24 bits per heavy atom. The van der Waals surface area contributed by atoms with Crippen molar-refractivity contribution in [1.29, 1.82) is 0 Å². The van der Waals surface area contributed by atoms with Gasteiger partial charge >= 0.3 is 0 Å². The predicted octanol–water partition coefficient (Wildman–Crippen LogP) is 3.61. The fourth-order valence-electron chi connectivity index (χ4n) is 1.81. The molecule has 1 aromatic heterocycles. The van der Waals surface area contributed by atoms with Crippen LogP contribution in [0, 0.1) is 13.8 Å². The second-order valence-corrected chi connectivity index (χ2v) is 5.69. The largest absolute Gasteiger partial charge is 0.380 e. The summed E-state index contributed by atoms with van der Waals surface area (Å²) in [7, 11) is 0. The van der Waals surface area contributed by atoms with Gasteiger partial charge in [-0.15, -0.1) is 17.9 Å². The van der Waals surface area contributed by atoms with Gasteiger partial charge < -0.3 is 10.1 Å². The summed E-state index contributed by atoms with van der Waals surface area (Å²) in [5.41, 5.74) is 1.42. The van der Waals surface area contributed by atoms with E-state index in [1.54, 1.807) is 0 Å². The van der Waals surface area contributed by atoms with Crippen LogP contribution in [0.2, 0.25) is 0 Å². The minimum atomic E-state index is 0.406. The van der Waals surface area contributed by atoms with Gasteiger partial charge in [-0.3, -0.25) is 0 Å². The second kappa shape index (κ2) is 7.64.